The second-order valence-corrected chi connectivity index (χ2v) is 9.83. The molecule has 2 aliphatic rings. The number of ether oxygens (including phenoxy) is 1. The van der Waals surface area contributed by atoms with Crippen LogP contribution in [0, 0.1) is 12.7 Å². The topological polar surface area (TPSA) is 70.7 Å². The summed E-state index contributed by atoms with van der Waals surface area (Å²) in [5.74, 6) is -0.121. The van der Waals surface area contributed by atoms with E-state index in [9.17, 15) is 14.0 Å². The average Bonchev–Trinajstić information content (AvgIpc) is 2.82. The Kier molecular flexibility index (Phi) is 8.01. The molecule has 4 rings (SSSR count). The number of carbonyl (C=O) groups is 2. The number of hydrogen-bond donors (Lipinski definition) is 2. The van der Waals surface area contributed by atoms with Crippen molar-refractivity contribution in [2.24, 2.45) is 0 Å². The molecule has 2 aromatic carbocycles. The summed E-state index contributed by atoms with van der Waals surface area (Å²) < 4.78 is 18.6. The fourth-order valence-corrected chi connectivity index (χ4v) is 5.26. The van der Waals surface area contributed by atoms with Gasteiger partial charge in [0.1, 0.15) is 11.9 Å². The standard InChI is InChI=1S/C25H30FN3O3S/c1-17-2-6-19(7-3-17)21(15-29-10-12-32-13-11-29)27-24(30)22-16-33-23(25(31)28-22)14-18-4-8-20(26)9-5-18/h2-9,21-23H,10-16H2,1H3,(H,27,30)(H,28,31)/t21-,22-,23-/m0/s1. The lowest BCUT2D eigenvalue weighted by molar-refractivity contribution is -0.129. The van der Waals surface area contributed by atoms with Crippen molar-refractivity contribution < 1.29 is 18.7 Å². The summed E-state index contributed by atoms with van der Waals surface area (Å²) in [5, 5.41) is 5.77. The fraction of sp³-hybridized carbons (Fsp3) is 0.440. The Morgan fingerprint density at radius 1 is 1.18 bits per heavy atom. The lowest BCUT2D eigenvalue weighted by atomic mass is 10.0. The van der Waals surface area contributed by atoms with Crippen LogP contribution in [-0.2, 0) is 20.7 Å². The largest absolute Gasteiger partial charge is 0.379 e. The Balaban J connectivity index is 1.37. The summed E-state index contributed by atoms with van der Waals surface area (Å²) in [6.07, 6.45) is 0.508. The van der Waals surface area contributed by atoms with Gasteiger partial charge in [0.05, 0.1) is 24.5 Å². The lowest BCUT2D eigenvalue weighted by Crippen LogP contribution is -2.55. The van der Waals surface area contributed by atoms with Crippen LogP contribution >= 0.6 is 11.8 Å². The number of morpholine rings is 1. The maximum atomic E-state index is 13.1. The highest BCUT2D eigenvalue weighted by molar-refractivity contribution is 8.00. The predicted molar refractivity (Wildman–Crippen MR) is 128 cm³/mol. The van der Waals surface area contributed by atoms with E-state index in [1.807, 2.05) is 31.2 Å². The minimum Gasteiger partial charge on any atom is -0.379 e. The first-order valence-corrected chi connectivity index (χ1v) is 12.4. The Hall–Kier alpha value is -2.42. The van der Waals surface area contributed by atoms with Crippen molar-refractivity contribution in [1.82, 2.24) is 15.5 Å². The molecule has 0 unspecified atom stereocenters. The van der Waals surface area contributed by atoms with Gasteiger partial charge in [0, 0.05) is 25.4 Å². The highest BCUT2D eigenvalue weighted by Crippen LogP contribution is 2.23. The molecule has 2 saturated heterocycles. The Morgan fingerprint density at radius 2 is 1.88 bits per heavy atom. The highest BCUT2D eigenvalue weighted by Gasteiger charge is 2.33. The van der Waals surface area contributed by atoms with Gasteiger partial charge in [-0.3, -0.25) is 14.5 Å². The van der Waals surface area contributed by atoms with E-state index in [-0.39, 0.29) is 28.9 Å². The maximum Gasteiger partial charge on any atom is 0.243 e. The first kappa shape index (κ1) is 23.7. The summed E-state index contributed by atoms with van der Waals surface area (Å²) in [4.78, 5) is 28.1. The molecule has 0 aromatic heterocycles. The van der Waals surface area contributed by atoms with Crippen molar-refractivity contribution in [2.45, 2.75) is 30.7 Å². The molecule has 33 heavy (non-hydrogen) atoms. The van der Waals surface area contributed by atoms with Gasteiger partial charge in [0.25, 0.3) is 0 Å². The number of rotatable bonds is 7. The van der Waals surface area contributed by atoms with Gasteiger partial charge < -0.3 is 15.4 Å². The van der Waals surface area contributed by atoms with Crippen LogP contribution in [0.2, 0.25) is 0 Å². The molecule has 2 N–H and O–H groups in total. The Morgan fingerprint density at radius 3 is 2.55 bits per heavy atom. The van der Waals surface area contributed by atoms with E-state index in [1.165, 1.54) is 29.5 Å². The van der Waals surface area contributed by atoms with Crippen molar-refractivity contribution in [3.63, 3.8) is 0 Å². The number of aryl methyl sites for hydroxylation is 1. The summed E-state index contributed by atoms with van der Waals surface area (Å²) in [7, 11) is 0. The third kappa shape index (κ3) is 6.56. The van der Waals surface area contributed by atoms with E-state index in [4.69, 9.17) is 4.74 Å². The normalized spacial score (nSPS) is 22.4. The van der Waals surface area contributed by atoms with Crippen LogP contribution < -0.4 is 10.6 Å². The van der Waals surface area contributed by atoms with Crippen LogP contribution in [0.1, 0.15) is 22.7 Å². The van der Waals surface area contributed by atoms with Gasteiger partial charge in [0.15, 0.2) is 0 Å². The zero-order valence-electron chi connectivity index (χ0n) is 18.8. The van der Waals surface area contributed by atoms with E-state index in [0.29, 0.717) is 31.9 Å². The quantitative estimate of drug-likeness (QED) is 0.649. The minimum atomic E-state index is -0.579. The van der Waals surface area contributed by atoms with Gasteiger partial charge in [-0.1, -0.05) is 42.0 Å². The van der Waals surface area contributed by atoms with Crippen LogP contribution in [0.4, 0.5) is 4.39 Å². The number of halogens is 1. The van der Waals surface area contributed by atoms with Gasteiger partial charge in [-0.15, -0.1) is 11.8 Å². The van der Waals surface area contributed by atoms with Gasteiger partial charge >= 0.3 is 0 Å². The molecule has 0 aliphatic carbocycles. The van der Waals surface area contributed by atoms with E-state index in [1.54, 1.807) is 12.1 Å². The molecule has 3 atom stereocenters. The summed E-state index contributed by atoms with van der Waals surface area (Å²) >= 11 is 1.47. The van der Waals surface area contributed by atoms with Crippen molar-refractivity contribution in [1.29, 1.82) is 0 Å². The maximum absolute atomic E-state index is 13.1. The van der Waals surface area contributed by atoms with Crippen molar-refractivity contribution in [2.75, 3.05) is 38.6 Å². The van der Waals surface area contributed by atoms with E-state index < -0.39 is 6.04 Å². The Labute approximate surface area is 198 Å². The van der Waals surface area contributed by atoms with Gasteiger partial charge in [-0.05, 0) is 36.6 Å². The second-order valence-electron chi connectivity index (χ2n) is 8.60. The molecule has 0 bridgehead atoms. The molecular formula is C25H30FN3O3S. The van der Waals surface area contributed by atoms with E-state index >= 15 is 0 Å². The first-order valence-electron chi connectivity index (χ1n) is 11.3. The third-order valence-electron chi connectivity index (χ3n) is 6.06. The number of hydrogen-bond acceptors (Lipinski definition) is 5. The minimum absolute atomic E-state index is 0.157. The number of thioether (sulfide) groups is 1. The summed E-state index contributed by atoms with van der Waals surface area (Å²) in [5.41, 5.74) is 3.11. The third-order valence-corrected chi connectivity index (χ3v) is 7.37. The fourth-order valence-electron chi connectivity index (χ4n) is 4.07. The van der Waals surface area contributed by atoms with Crippen LogP contribution in [0.15, 0.2) is 48.5 Å². The zero-order chi connectivity index (χ0) is 23.2. The SMILES string of the molecule is Cc1ccc([C@H](CN2CCOCC2)NC(=O)[C@@H]2CS[C@@H](Cc3ccc(F)cc3)C(=O)N2)cc1. The number of carbonyl (C=O) groups excluding carboxylic acids is 2. The first-order chi connectivity index (χ1) is 16.0. The molecule has 0 spiro atoms. The van der Waals surface area contributed by atoms with Crippen LogP contribution in [0.3, 0.4) is 0 Å². The van der Waals surface area contributed by atoms with Gasteiger partial charge in [-0.25, -0.2) is 4.39 Å². The van der Waals surface area contributed by atoms with Crippen molar-refractivity contribution in [3.05, 3.63) is 71.0 Å². The molecule has 2 heterocycles. The summed E-state index contributed by atoms with van der Waals surface area (Å²) in [6, 6.07) is 13.6. The highest BCUT2D eigenvalue weighted by atomic mass is 32.2. The summed E-state index contributed by atoms with van der Waals surface area (Å²) in [6.45, 7) is 5.78. The van der Waals surface area contributed by atoms with Crippen molar-refractivity contribution >= 4 is 23.6 Å². The number of benzene rings is 2. The molecule has 0 saturated carbocycles. The lowest BCUT2D eigenvalue weighted by Gasteiger charge is -2.33. The number of nitrogens with one attached hydrogen (secondary N) is 2. The number of nitrogens with zero attached hydrogens (tertiary/aromatic N) is 1. The average molecular weight is 472 g/mol. The Bertz CT molecular complexity index is 948. The van der Waals surface area contributed by atoms with Crippen LogP contribution in [0.25, 0.3) is 0 Å². The molecule has 2 aromatic rings. The van der Waals surface area contributed by atoms with E-state index in [0.717, 1.165) is 24.2 Å². The number of amides is 2. The van der Waals surface area contributed by atoms with E-state index in [2.05, 4.69) is 15.5 Å². The second kappa shape index (κ2) is 11.1. The molecule has 8 heteroatoms. The zero-order valence-corrected chi connectivity index (χ0v) is 19.6. The van der Waals surface area contributed by atoms with Gasteiger partial charge in [-0.2, -0.15) is 0 Å². The monoisotopic (exact) mass is 471 g/mol. The van der Waals surface area contributed by atoms with Gasteiger partial charge in [0.2, 0.25) is 11.8 Å². The van der Waals surface area contributed by atoms with Crippen molar-refractivity contribution in [3.8, 4) is 0 Å². The smallest absolute Gasteiger partial charge is 0.243 e. The molecular weight excluding hydrogens is 441 g/mol. The molecule has 0 radical (unpaired) electrons. The molecule has 2 aliphatic heterocycles. The van der Waals surface area contributed by atoms with Crippen LogP contribution in [0.5, 0.6) is 0 Å². The van der Waals surface area contributed by atoms with Crippen LogP contribution in [-0.4, -0.2) is 66.6 Å². The molecule has 2 fully saturated rings. The molecule has 2 amide bonds. The molecule has 176 valence electrons. The predicted octanol–water partition coefficient (Wildman–Crippen LogP) is 2.47. The molecule has 6 nitrogen and oxygen atoms in total.